The highest BCUT2D eigenvalue weighted by Crippen LogP contribution is 2.28. The molecule has 0 aliphatic carbocycles. The summed E-state index contributed by atoms with van der Waals surface area (Å²) in [7, 11) is 0. The molecule has 1 saturated heterocycles. The lowest BCUT2D eigenvalue weighted by molar-refractivity contribution is -0.107. The minimum Gasteiger partial charge on any atom is -0.317 e. The van der Waals surface area contributed by atoms with Gasteiger partial charge in [-0.2, -0.15) is 0 Å². The van der Waals surface area contributed by atoms with Crippen LogP contribution in [-0.4, -0.2) is 24.4 Å². The van der Waals surface area contributed by atoms with E-state index in [1.165, 1.54) is 17.8 Å². The van der Waals surface area contributed by atoms with Crippen LogP contribution in [0.3, 0.4) is 0 Å². The minimum atomic E-state index is 0.517. The monoisotopic (exact) mass is 210 g/mol. The fraction of sp³-hybridized carbons (Fsp3) is 0.600. The molecule has 1 fully saturated rings. The second-order valence-corrected chi connectivity index (χ2v) is 4.71. The summed E-state index contributed by atoms with van der Waals surface area (Å²) < 4.78 is 0. The lowest BCUT2D eigenvalue weighted by Crippen LogP contribution is -2.26. The summed E-state index contributed by atoms with van der Waals surface area (Å²) in [5.74, 6) is 0.613. The number of nitrogens with one attached hydrogen (secondary N) is 1. The minimum absolute atomic E-state index is 0.517. The molecule has 0 amide bonds. The third-order valence-corrected chi connectivity index (χ3v) is 3.73. The van der Waals surface area contributed by atoms with Crippen LogP contribution in [0.2, 0.25) is 0 Å². The van der Waals surface area contributed by atoms with Gasteiger partial charge in [0.1, 0.15) is 6.29 Å². The Labute approximate surface area is 87.6 Å². The number of rotatable bonds is 3. The average molecular weight is 210 g/mol. The van der Waals surface area contributed by atoms with Crippen molar-refractivity contribution in [1.82, 2.24) is 10.3 Å². The van der Waals surface area contributed by atoms with Crippen LogP contribution in [0.25, 0.3) is 0 Å². The molecule has 2 heterocycles. The van der Waals surface area contributed by atoms with Crippen LogP contribution in [0.15, 0.2) is 6.20 Å². The van der Waals surface area contributed by atoms with Gasteiger partial charge in [-0.15, -0.1) is 11.3 Å². The number of nitrogens with zero attached hydrogens (tertiary/aromatic N) is 1. The van der Waals surface area contributed by atoms with Crippen molar-refractivity contribution in [2.45, 2.75) is 25.2 Å². The van der Waals surface area contributed by atoms with Crippen LogP contribution in [0.1, 0.15) is 28.6 Å². The first-order valence-electron chi connectivity index (χ1n) is 4.99. The number of hydrogen-bond acceptors (Lipinski definition) is 4. The number of piperidine rings is 1. The van der Waals surface area contributed by atoms with E-state index < -0.39 is 0 Å². The molecule has 1 aliphatic rings. The Morgan fingerprint density at radius 2 is 2.36 bits per heavy atom. The fourth-order valence-electron chi connectivity index (χ4n) is 1.76. The predicted octanol–water partition coefficient (Wildman–Crippen LogP) is 1.35. The molecule has 3 nitrogen and oxygen atoms in total. The first-order chi connectivity index (χ1) is 6.90. The van der Waals surface area contributed by atoms with Crippen molar-refractivity contribution in [3.8, 4) is 0 Å². The van der Waals surface area contributed by atoms with Gasteiger partial charge < -0.3 is 10.1 Å². The van der Waals surface area contributed by atoms with Gasteiger partial charge in [0.05, 0.1) is 5.01 Å². The van der Waals surface area contributed by atoms with Crippen molar-refractivity contribution in [3.05, 3.63) is 16.1 Å². The zero-order chi connectivity index (χ0) is 9.80. The van der Waals surface area contributed by atoms with Crippen LogP contribution in [0.4, 0.5) is 0 Å². The maximum absolute atomic E-state index is 10.3. The summed E-state index contributed by atoms with van der Waals surface area (Å²) in [6.45, 7) is 2.18. The lowest BCUT2D eigenvalue weighted by Gasteiger charge is -2.20. The van der Waals surface area contributed by atoms with E-state index in [0.29, 0.717) is 12.3 Å². The van der Waals surface area contributed by atoms with Crippen molar-refractivity contribution in [1.29, 1.82) is 0 Å². The standard InChI is InChI=1S/C10H14N2OS/c13-6-3-9-7-12-10(14-9)8-1-4-11-5-2-8/h6-8,11H,1-5H2. The van der Waals surface area contributed by atoms with Gasteiger partial charge in [-0.05, 0) is 25.9 Å². The fourth-order valence-corrected chi connectivity index (χ4v) is 2.79. The van der Waals surface area contributed by atoms with Gasteiger partial charge in [0, 0.05) is 23.4 Å². The predicted molar refractivity (Wildman–Crippen MR) is 56.7 cm³/mol. The molecule has 0 atom stereocenters. The van der Waals surface area contributed by atoms with Crippen LogP contribution >= 0.6 is 11.3 Å². The topological polar surface area (TPSA) is 42.0 Å². The van der Waals surface area contributed by atoms with Gasteiger partial charge in [0.15, 0.2) is 0 Å². The molecule has 4 heteroatoms. The Hall–Kier alpha value is -0.740. The van der Waals surface area contributed by atoms with E-state index in [4.69, 9.17) is 0 Å². The van der Waals surface area contributed by atoms with Crippen LogP contribution in [0, 0.1) is 0 Å². The summed E-state index contributed by atoms with van der Waals surface area (Å²) in [5.41, 5.74) is 0. The van der Waals surface area contributed by atoms with Crippen molar-refractivity contribution in [3.63, 3.8) is 0 Å². The van der Waals surface area contributed by atoms with E-state index in [2.05, 4.69) is 10.3 Å². The normalized spacial score (nSPS) is 18.3. The van der Waals surface area contributed by atoms with E-state index in [9.17, 15) is 4.79 Å². The molecule has 76 valence electrons. The van der Waals surface area contributed by atoms with Crippen LogP contribution in [-0.2, 0) is 11.2 Å². The van der Waals surface area contributed by atoms with Gasteiger partial charge in [0.25, 0.3) is 0 Å². The molecule has 0 radical (unpaired) electrons. The zero-order valence-electron chi connectivity index (χ0n) is 8.03. The molecule has 0 saturated carbocycles. The van der Waals surface area contributed by atoms with E-state index in [1.807, 2.05) is 6.20 Å². The second-order valence-electron chi connectivity index (χ2n) is 3.56. The van der Waals surface area contributed by atoms with Crippen molar-refractivity contribution in [2.24, 2.45) is 0 Å². The molecule has 0 aromatic carbocycles. The highest BCUT2D eigenvalue weighted by Gasteiger charge is 2.18. The second kappa shape index (κ2) is 4.66. The molecule has 0 unspecified atom stereocenters. The number of thiazole rings is 1. The molecule has 2 rings (SSSR count). The SMILES string of the molecule is O=CCc1cnc(C2CCNCC2)s1. The maximum atomic E-state index is 10.3. The van der Waals surface area contributed by atoms with Crippen molar-refractivity contribution in [2.75, 3.05) is 13.1 Å². The quantitative estimate of drug-likeness (QED) is 0.766. The first-order valence-corrected chi connectivity index (χ1v) is 5.81. The molecule has 1 aromatic rings. The summed E-state index contributed by atoms with van der Waals surface area (Å²) in [6, 6.07) is 0. The van der Waals surface area contributed by atoms with Crippen LogP contribution in [0.5, 0.6) is 0 Å². The lowest BCUT2D eigenvalue weighted by atomic mass is 9.99. The summed E-state index contributed by atoms with van der Waals surface area (Å²) in [5, 5.41) is 4.55. The number of aldehydes is 1. The van der Waals surface area contributed by atoms with E-state index in [-0.39, 0.29) is 0 Å². The van der Waals surface area contributed by atoms with Gasteiger partial charge >= 0.3 is 0 Å². The smallest absolute Gasteiger partial charge is 0.125 e. The van der Waals surface area contributed by atoms with Gasteiger partial charge in [0.2, 0.25) is 0 Å². The Kier molecular flexibility index (Phi) is 3.26. The van der Waals surface area contributed by atoms with Crippen LogP contribution < -0.4 is 5.32 Å². The van der Waals surface area contributed by atoms with E-state index in [1.54, 1.807) is 11.3 Å². The Morgan fingerprint density at radius 3 is 3.07 bits per heavy atom. The van der Waals surface area contributed by atoms with Gasteiger partial charge in [-0.3, -0.25) is 0 Å². The highest BCUT2D eigenvalue weighted by atomic mass is 32.1. The molecule has 1 aromatic heterocycles. The van der Waals surface area contributed by atoms with E-state index >= 15 is 0 Å². The molecule has 1 N–H and O–H groups in total. The average Bonchev–Trinajstić information content (AvgIpc) is 2.68. The van der Waals surface area contributed by atoms with E-state index in [0.717, 1.165) is 24.3 Å². The highest BCUT2D eigenvalue weighted by molar-refractivity contribution is 7.11. The summed E-state index contributed by atoms with van der Waals surface area (Å²) in [6.07, 6.45) is 5.65. The number of carbonyl (C=O) groups excluding carboxylic acids is 1. The van der Waals surface area contributed by atoms with Crippen molar-refractivity contribution < 1.29 is 4.79 Å². The largest absolute Gasteiger partial charge is 0.317 e. The molecular formula is C10H14N2OS. The maximum Gasteiger partial charge on any atom is 0.125 e. The first kappa shape index (κ1) is 9.80. The Balaban J connectivity index is 2.03. The third-order valence-electron chi connectivity index (χ3n) is 2.54. The number of hydrogen-bond donors (Lipinski definition) is 1. The number of aromatic nitrogens is 1. The zero-order valence-corrected chi connectivity index (χ0v) is 8.85. The Morgan fingerprint density at radius 1 is 1.57 bits per heavy atom. The molecular weight excluding hydrogens is 196 g/mol. The van der Waals surface area contributed by atoms with Crippen molar-refractivity contribution >= 4 is 17.6 Å². The number of carbonyl (C=O) groups is 1. The molecule has 0 bridgehead atoms. The molecule has 14 heavy (non-hydrogen) atoms. The summed E-state index contributed by atoms with van der Waals surface area (Å²) in [4.78, 5) is 15.8. The third kappa shape index (κ3) is 2.19. The molecule has 1 aliphatic heterocycles. The Bertz CT molecular complexity index is 305. The molecule has 0 spiro atoms. The summed E-state index contributed by atoms with van der Waals surface area (Å²) >= 11 is 1.69. The van der Waals surface area contributed by atoms with Gasteiger partial charge in [-0.1, -0.05) is 0 Å². The van der Waals surface area contributed by atoms with Gasteiger partial charge in [-0.25, -0.2) is 4.98 Å².